The number of fused-ring (bicyclic) bond motifs is 1. The van der Waals surface area contributed by atoms with Crippen LogP contribution in [-0.4, -0.2) is 24.3 Å². The van der Waals surface area contributed by atoms with Gasteiger partial charge in [-0.2, -0.15) is 5.26 Å². The number of carbonyl (C=O) groups excluding carboxylic acids is 1. The summed E-state index contributed by atoms with van der Waals surface area (Å²) in [6.07, 6.45) is 2.88. The molecular weight excluding hydrogens is 334 g/mol. The van der Waals surface area contributed by atoms with Gasteiger partial charge in [0, 0.05) is 24.5 Å². The number of nitrogens with one attached hydrogen (secondary N) is 1. The molecule has 0 aromatic carbocycles. The first-order valence-corrected chi connectivity index (χ1v) is 8.84. The SMILES string of the molecule is CNc1sc2c(c1C#N)CCC(OC(=O)OCc1cncs1)C2. The van der Waals surface area contributed by atoms with Crippen LogP contribution in [0, 0.1) is 11.3 Å². The van der Waals surface area contributed by atoms with Gasteiger partial charge in [-0.1, -0.05) is 0 Å². The van der Waals surface area contributed by atoms with Gasteiger partial charge in [0.15, 0.2) is 0 Å². The van der Waals surface area contributed by atoms with E-state index in [9.17, 15) is 10.1 Å². The lowest BCUT2D eigenvalue weighted by Gasteiger charge is -2.21. The van der Waals surface area contributed by atoms with Crippen molar-refractivity contribution in [2.45, 2.75) is 32.0 Å². The quantitative estimate of drug-likeness (QED) is 0.852. The molecule has 3 rings (SSSR count). The summed E-state index contributed by atoms with van der Waals surface area (Å²) in [4.78, 5) is 17.7. The van der Waals surface area contributed by atoms with E-state index in [4.69, 9.17) is 9.47 Å². The number of carbonyl (C=O) groups is 1. The van der Waals surface area contributed by atoms with Crippen LogP contribution in [0.4, 0.5) is 9.80 Å². The van der Waals surface area contributed by atoms with E-state index in [1.165, 1.54) is 11.3 Å². The zero-order chi connectivity index (χ0) is 16.2. The zero-order valence-electron chi connectivity index (χ0n) is 12.5. The molecule has 1 N–H and O–H groups in total. The van der Waals surface area contributed by atoms with Gasteiger partial charge in [-0.05, 0) is 18.4 Å². The lowest BCUT2D eigenvalue weighted by Crippen LogP contribution is -2.25. The molecule has 0 spiro atoms. The summed E-state index contributed by atoms with van der Waals surface area (Å²) in [6.45, 7) is 0.183. The van der Waals surface area contributed by atoms with Crippen LogP contribution in [0.5, 0.6) is 0 Å². The first-order chi connectivity index (χ1) is 11.2. The summed E-state index contributed by atoms with van der Waals surface area (Å²) >= 11 is 2.99. The number of rotatable bonds is 4. The van der Waals surface area contributed by atoms with Crippen LogP contribution in [0.25, 0.3) is 0 Å². The maximum atomic E-state index is 11.8. The van der Waals surface area contributed by atoms with Crippen LogP contribution in [0.2, 0.25) is 0 Å². The van der Waals surface area contributed by atoms with E-state index in [0.29, 0.717) is 12.8 Å². The van der Waals surface area contributed by atoms with E-state index in [1.54, 1.807) is 23.0 Å². The second-order valence-corrected chi connectivity index (χ2v) is 7.13. The molecule has 0 amide bonds. The van der Waals surface area contributed by atoms with Crippen molar-refractivity contribution in [3.63, 3.8) is 0 Å². The molecule has 2 aromatic heterocycles. The van der Waals surface area contributed by atoms with E-state index >= 15 is 0 Å². The van der Waals surface area contributed by atoms with Crippen molar-refractivity contribution in [2.75, 3.05) is 12.4 Å². The number of thiophene rings is 1. The lowest BCUT2D eigenvalue weighted by molar-refractivity contribution is 0.0157. The minimum absolute atomic E-state index is 0.183. The van der Waals surface area contributed by atoms with E-state index < -0.39 is 6.16 Å². The minimum Gasteiger partial charge on any atom is -0.431 e. The second-order valence-electron chi connectivity index (χ2n) is 5.06. The predicted molar refractivity (Wildman–Crippen MR) is 87.8 cm³/mol. The number of nitrogens with zero attached hydrogens (tertiary/aromatic N) is 2. The zero-order valence-corrected chi connectivity index (χ0v) is 14.1. The molecule has 1 aliphatic rings. The number of ether oxygens (including phenoxy) is 2. The third kappa shape index (κ3) is 3.46. The highest BCUT2D eigenvalue weighted by Gasteiger charge is 2.28. The number of nitriles is 1. The van der Waals surface area contributed by atoms with Crippen molar-refractivity contribution >= 4 is 33.8 Å². The molecule has 8 heteroatoms. The summed E-state index contributed by atoms with van der Waals surface area (Å²) in [7, 11) is 1.81. The maximum absolute atomic E-state index is 11.8. The van der Waals surface area contributed by atoms with Gasteiger partial charge in [0.05, 0.1) is 16.0 Å². The molecule has 0 saturated heterocycles. The predicted octanol–water partition coefficient (Wildman–Crippen LogP) is 3.33. The fourth-order valence-corrected chi connectivity index (χ4v) is 4.29. The molecular formula is C15H15N3O3S2. The molecule has 23 heavy (non-hydrogen) atoms. The van der Waals surface area contributed by atoms with Crippen molar-refractivity contribution in [1.82, 2.24) is 4.98 Å². The van der Waals surface area contributed by atoms with Gasteiger partial charge >= 0.3 is 6.16 Å². The lowest BCUT2D eigenvalue weighted by atomic mass is 9.94. The van der Waals surface area contributed by atoms with Gasteiger partial charge in [-0.15, -0.1) is 22.7 Å². The number of hydrogen-bond acceptors (Lipinski definition) is 8. The highest BCUT2D eigenvalue weighted by molar-refractivity contribution is 7.16. The Balaban J connectivity index is 1.58. The smallest absolute Gasteiger partial charge is 0.431 e. The molecule has 0 saturated carbocycles. The normalized spacial score (nSPS) is 16.3. The van der Waals surface area contributed by atoms with Crippen molar-refractivity contribution in [1.29, 1.82) is 5.26 Å². The topological polar surface area (TPSA) is 84.2 Å². The second kappa shape index (κ2) is 6.98. The van der Waals surface area contributed by atoms with E-state index in [-0.39, 0.29) is 12.7 Å². The fourth-order valence-electron chi connectivity index (χ4n) is 2.56. The Morgan fingerprint density at radius 2 is 2.48 bits per heavy atom. The van der Waals surface area contributed by atoms with Crippen molar-refractivity contribution in [3.05, 3.63) is 32.6 Å². The van der Waals surface area contributed by atoms with Gasteiger partial charge < -0.3 is 14.8 Å². The Kier molecular flexibility index (Phi) is 4.79. The Labute approximate surface area is 141 Å². The summed E-state index contributed by atoms with van der Waals surface area (Å²) in [5.41, 5.74) is 3.49. The number of aromatic nitrogens is 1. The van der Waals surface area contributed by atoms with E-state index in [1.807, 2.05) is 7.05 Å². The number of thiazole rings is 1. The first kappa shape index (κ1) is 15.8. The average Bonchev–Trinajstić information content (AvgIpc) is 3.19. The van der Waals surface area contributed by atoms with Crippen LogP contribution in [-0.2, 0) is 28.9 Å². The summed E-state index contributed by atoms with van der Waals surface area (Å²) < 4.78 is 10.5. The van der Waals surface area contributed by atoms with Gasteiger partial charge in [0.1, 0.15) is 23.8 Å². The van der Waals surface area contributed by atoms with Crippen LogP contribution in [0.15, 0.2) is 11.7 Å². The summed E-state index contributed by atoms with van der Waals surface area (Å²) in [5, 5.41) is 13.2. The Morgan fingerprint density at radius 3 is 3.17 bits per heavy atom. The van der Waals surface area contributed by atoms with Gasteiger partial charge in [0.2, 0.25) is 0 Å². The average molecular weight is 349 g/mol. The summed E-state index contributed by atoms with van der Waals surface area (Å²) in [5.74, 6) is 0. The molecule has 1 unspecified atom stereocenters. The largest absolute Gasteiger partial charge is 0.508 e. The van der Waals surface area contributed by atoms with Crippen LogP contribution in [0.3, 0.4) is 0 Å². The Hall–Kier alpha value is -2.11. The van der Waals surface area contributed by atoms with E-state index in [2.05, 4.69) is 16.4 Å². The molecule has 1 aliphatic carbocycles. The molecule has 0 fully saturated rings. The van der Waals surface area contributed by atoms with E-state index in [0.717, 1.165) is 32.3 Å². The molecule has 0 radical (unpaired) electrons. The first-order valence-electron chi connectivity index (χ1n) is 7.14. The highest BCUT2D eigenvalue weighted by atomic mass is 32.1. The minimum atomic E-state index is -0.655. The Bertz CT molecular complexity index is 734. The molecule has 2 aromatic rings. The van der Waals surface area contributed by atoms with Crippen LogP contribution < -0.4 is 5.32 Å². The molecule has 2 heterocycles. The third-order valence-electron chi connectivity index (χ3n) is 3.64. The van der Waals surface area contributed by atoms with Gasteiger partial charge in [-0.3, -0.25) is 4.98 Å². The van der Waals surface area contributed by atoms with Crippen molar-refractivity contribution in [3.8, 4) is 6.07 Å². The fraction of sp³-hybridized carbons (Fsp3) is 0.400. The molecule has 6 nitrogen and oxygen atoms in total. The van der Waals surface area contributed by atoms with Crippen molar-refractivity contribution in [2.24, 2.45) is 0 Å². The molecule has 0 bridgehead atoms. The number of anilines is 1. The molecule has 0 aliphatic heterocycles. The van der Waals surface area contributed by atoms with Crippen LogP contribution in [0.1, 0.15) is 27.3 Å². The highest BCUT2D eigenvalue weighted by Crippen LogP contribution is 2.38. The third-order valence-corrected chi connectivity index (χ3v) is 5.66. The molecule has 120 valence electrons. The molecule has 1 atom stereocenters. The maximum Gasteiger partial charge on any atom is 0.508 e. The van der Waals surface area contributed by atoms with Gasteiger partial charge in [0.25, 0.3) is 0 Å². The monoisotopic (exact) mass is 349 g/mol. The van der Waals surface area contributed by atoms with Gasteiger partial charge in [-0.25, -0.2) is 4.79 Å². The standard InChI is InChI=1S/C15H15N3O3S2/c1-17-14-12(5-16)11-3-2-9(4-13(11)23-14)21-15(19)20-7-10-6-18-8-22-10/h6,8-9,17H,2-4,7H2,1H3. The van der Waals surface area contributed by atoms with Crippen LogP contribution >= 0.6 is 22.7 Å². The Morgan fingerprint density at radius 1 is 1.61 bits per heavy atom. The summed E-state index contributed by atoms with van der Waals surface area (Å²) in [6, 6.07) is 2.26. The number of hydrogen-bond donors (Lipinski definition) is 1. The van der Waals surface area contributed by atoms with Crippen molar-refractivity contribution < 1.29 is 14.3 Å².